The third kappa shape index (κ3) is 4.53. The van der Waals surface area contributed by atoms with Crippen LogP contribution in [0.25, 0.3) is 22.0 Å². The molecule has 1 saturated heterocycles. The number of likely N-dealkylation sites (N-methyl/N-ethyl adjacent to an activating group) is 1. The summed E-state index contributed by atoms with van der Waals surface area (Å²) < 4.78 is 0. The van der Waals surface area contributed by atoms with Crippen LogP contribution in [0.1, 0.15) is 24.2 Å². The summed E-state index contributed by atoms with van der Waals surface area (Å²) in [5.41, 5.74) is 3.82. The van der Waals surface area contributed by atoms with Crippen molar-refractivity contribution in [2.24, 2.45) is 0 Å². The maximum Gasteiger partial charge on any atom is 0.251 e. The molecule has 156 valence electrons. The van der Waals surface area contributed by atoms with Gasteiger partial charge < -0.3 is 10.2 Å². The molecule has 5 heteroatoms. The van der Waals surface area contributed by atoms with E-state index in [0.29, 0.717) is 18.2 Å². The molecule has 2 aromatic carbocycles. The Morgan fingerprint density at radius 2 is 1.77 bits per heavy atom. The van der Waals surface area contributed by atoms with Crippen molar-refractivity contribution in [1.82, 2.24) is 20.1 Å². The van der Waals surface area contributed by atoms with Crippen molar-refractivity contribution in [1.29, 1.82) is 0 Å². The average molecular weight is 403 g/mol. The molecule has 0 radical (unpaired) electrons. The van der Waals surface area contributed by atoms with E-state index in [-0.39, 0.29) is 5.91 Å². The predicted octanol–water partition coefficient (Wildman–Crippen LogP) is 3.66. The fourth-order valence-electron chi connectivity index (χ4n) is 4.13. The van der Waals surface area contributed by atoms with Crippen LogP contribution in [0.15, 0.2) is 60.8 Å². The first-order valence-corrected chi connectivity index (χ1v) is 10.8. The molecule has 1 fully saturated rings. The number of carbonyl (C=O) groups excluding carboxylic acids is 1. The van der Waals surface area contributed by atoms with Gasteiger partial charge in [-0.25, -0.2) is 0 Å². The molecule has 0 aliphatic carbocycles. The zero-order valence-corrected chi connectivity index (χ0v) is 17.8. The molecule has 0 saturated carbocycles. The first-order chi connectivity index (χ1) is 14.7. The number of piperazine rings is 1. The van der Waals surface area contributed by atoms with Crippen molar-refractivity contribution >= 4 is 16.8 Å². The first kappa shape index (κ1) is 20.5. The van der Waals surface area contributed by atoms with Crippen LogP contribution in [-0.2, 0) is 0 Å². The van der Waals surface area contributed by atoms with Gasteiger partial charge in [-0.3, -0.25) is 14.7 Å². The van der Waals surface area contributed by atoms with Gasteiger partial charge in [0.2, 0.25) is 0 Å². The number of aromatic nitrogens is 1. The minimum atomic E-state index is -0.0170. The summed E-state index contributed by atoms with van der Waals surface area (Å²) in [5, 5.41) is 4.22. The first-order valence-electron chi connectivity index (χ1n) is 10.8. The third-order valence-electron chi connectivity index (χ3n) is 6.13. The van der Waals surface area contributed by atoms with Gasteiger partial charge in [0.05, 0.1) is 5.52 Å². The summed E-state index contributed by atoms with van der Waals surface area (Å²) in [7, 11) is 0. The summed E-state index contributed by atoms with van der Waals surface area (Å²) in [4.78, 5) is 22.1. The third-order valence-corrected chi connectivity index (χ3v) is 6.13. The molecule has 1 aliphatic heterocycles. The highest BCUT2D eigenvalue weighted by Gasteiger charge is 2.20. The van der Waals surface area contributed by atoms with Crippen molar-refractivity contribution in [2.45, 2.75) is 19.9 Å². The van der Waals surface area contributed by atoms with Gasteiger partial charge in [-0.1, -0.05) is 43.3 Å². The quantitative estimate of drug-likeness (QED) is 0.684. The minimum Gasteiger partial charge on any atom is -0.350 e. The summed E-state index contributed by atoms with van der Waals surface area (Å²) >= 11 is 0. The molecule has 4 rings (SSSR count). The van der Waals surface area contributed by atoms with Crippen molar-refractivity contribution in [2.75, 3.05) is 39.3 Å². The second-order valence-corrected chi connectivity index (χ2v) is 7.99. The second-order valence-electron chi connectivity index (χ2n) is 7.99. The number of fused-ring (bicyclic) bond motifs is 1. The van der Waals surface area contributed by atoms with Crippen LogP contribution in [0, 0.1) is 0 Å². The van der Waals surface area contributed by atoms with Crippen LogP contribution in [0.3, 0.4) is 0 Å². The number of benzene rings is 2. The Labute approximate surface area is 178 Å². The Balaban J connectivity index is 1.37. The van der Waals surface area contributed by atoms with Crippen molar-refractivity contribution in [3.8, 4) is 11.1 Å². The Bertz CT molecular complexity index is 988. The lowest BCUT2D eigenvalue weighted by Gasteiger charge is -2.37. The summed E-state index contributed by atoms with van der Waals surface area (Å²) in [6, 6.07) is 18.4. The normalized spacial score (nSPS) is 16.5. The number of nitrogens with one attached hydrogen (secondary N) is 1. The summed E-state index contributed by atoms with van der Waals surface area (Å²) in [5.74, 6) is -0.0170. The number of para-hydroxylation sites is 1. The lowest BCUT2D eigenvalue weighted by Crippen LogP contribution is -2.52. The Kier molecular flexibility index (Phi) is 6.41. The van der Waals surface area contributed by atoms with E-state index in [1.807, 2.05) is 42.6 Å². The Morgan fingerprint density at radius 3 is 2.50 bits per heavy atom. The molecule has 0 bridgehead atoms. The highest BCUT2D eigenvalue weighted by atomic mass is 16.1. The van der Waals surface area contributed by atoms with Crippen LogP contribution < -0.4 is 5.32 Å². The van der Waals surface area contributed by atoms with Gasteiger partial charge in [-0.2, -0.15) is 0 Å². The molecule has 1 N–H and O–H groups in total. The fraction of sp³-hybridized carbons (Fsp3) is 0.360. The van der Waals surface area contributed by atoms with E-state index in [9.17, 15) is 4.79 Å². The van der Waals surface area contributed by atoms with E-state index in [1.165, 1.54) is 0 Å². The van der Waals surface area contributed by atoms with Crippen molar-refractivity contribution in [3.05, 3.63) is 66.4 Å². The van der Waals surface area contributed by atoms with E-state index in [4.69, 9.17) is 0 Å². The minimum absolute atomic E-state index is 0.0170. The van der Waals surface area contributed by atoms with Gasteiger partial charge in [0.25, 0.3) is 5.91 Å². The number of hydrogen-bond donors (Lipinski definition) is 1. The Hall–Kier alpha value is -2.76. The zero-order valence-electron chi connectivity index (χ0n) is 17.8. The molecule has 5 nitrogen and oxygen atoms in total. The molecule has 1 atom stereocenters. The van der Waals surface area contributed by atoms with Crippen molar-refractivity contribution < 1.29 is 4.79 Å². The van der Waals surface area contributed by atoms with E-state index >= 15 is 0 Å². The van der Waals surface area contributed by atoms with Gasteiger partial charge in [0, 0.05) is 61.5 Å². The van der Waals surface area contributed by atoms with Gasteiger partial charge in [-0.15, -0.1) is 0 Å². The highest BCUT2D eigenvalue weighted by molar-refractivity contribution is 5.96. The van der Waals surface area contributed by atoms with Crippen LogP contribution in [0.4, 0.5) is 0 Å². The maximum absolute atomic E-state index is 12.6. The summed E-state index contributed by atoms with van der Waals surface area (Å²) in [6.45, 7) is 10.5. The molecule has 3 aromatic rings. The number of nitrogens with zero attached hydrogens (tertiary/aromatic N) is 3. The SMILES string of the molecule is CCN1CCN(C(C)CNC(=O)c2ccc(-c3cccc4cccnc34)cc2)CC1. The molecular formula is C25H30N4O. The Morgan fingerprint density at radius 1 is 1.03 bits per heavy atom. The lowest BCUT2D eigenvalue weighted by molar-refractivity contribution is 0.0883. The smallest absolute Gasteiger partial charge is 0.251 e. The number of pyridine rings is 1. The molecule has 1 amide bonds. The zero-order chi connectivity index (χ0) is 20.9. The van der Waals surface area contributed by atoms with Gasteiger partial charge in [-0.05, 0) is 37.2 Å². The molecule has 1 aromatic heterocycles. The number of rotatable bonds is 6. The predicted molar refractivity (Wildman–Crippen MR) is 123 cm³/mol. The van der Waals surface area contributed by atoms with Crippen molar-refractivity contribution in [3.63, 3.8) is 0 Å². The van der Waals surface area contributed by atoms with E-state index in [2.05, 4.69) is 52.1 Å². The second kappa shape index (κ2) is 9.37. The number of amides is 1. The van der Waals surface area contributed by atoms with Crippen LogP contribution in [0.5, 0.6) is 0 Å². The standard InChI is InChI=1S/C25H30N4O/c1-3-28-14-16-29(17-15-28)19(2)18-27-25(30)22-11-9-20(10-12-22)23-8-4-6-21-7-5-13-26-24(21)23/h4-13,19H,3,14-18H2,1-2H3,(H,27,30). The molecule has 1 aliphatic rings. The van der Waals surface area contributed by atoms with E-state index in [1.54, 1.807) is 0 Å². The highest BCUT2D eigenvalue weighted by Crippen LogP contribution is 2.27. The van der Waals surface area contributed by atoms with Crippen LogP contribution in [0.2, 0.25) is 0 Å². The van der Waals surface area contributed by atoms with Gasteiger partial charge >= 0.3 is 0 Å². The van der Waals surface area contributed by atoms with E-state index < -0.39 is 0 Å². The molecular weight excluding hydrogens is 372 g/mol. The monoisotopic (exact) mass is 402 g/mol. The molecule has 1 unspecified atom stereocenters. The molecule has 30 heavy (non-hydrogen) atoms. The number of hydrogen-bond acceptors (Lipinski definition) is 4. The summed E-state index contributed by atoms with van der Waals surface area (Å²) in [6.07, 6.45) is 1.82. The van der Waals surface area contributed by atoms with E-state index in [0.717, 1.165) is 54.8 Å². The van der Waals surface area contributed by atoms with Crippen LogP contribution >= 0.6 is 0 Å². The lowest BCUT2D eigenvalue weighted by atomic mass is 10.0. The number of carbonyl (C=O) groups is 1. The average Bonchev–Trinajstić information content (AvgIpc) is 2.82. The topological polar surface area (TPSA) is 48.5 Å². The molecule has 0 spiro atoms. The molecule has 2 heterocycles. The maximum atomic E-state index is 12.6. The van der Waals surface area contributed by atoms with Gasteiger partial charge in [0.15, 0.2) is 0 Å². The van der Waals surface area contributed by atoms with Gasteiger partial charge in [0.1, 0.15) is 0 Å². The largest absolute Gasteiger partial charge is 0.350 e. The fourth-order valence-corrected chi connectivity index (χ4v) is 4.13. The van der Waals surface area contributed by atoms with Crippen LogP contribution in [-0.4, -0.2) is 66.0 Å².